The van der Waals surface area contributed by atoms with E-state index in [9.17, 15) is 23.6 Å². The normalized spacial score (nSPS) is 14.6. The van der Waals surface area contributed by atoms with E-state index < -0.39 is 42.0 Å². The molecule has 2 aromatic rings. The largest absolute Gasteiger partial charge is 0.493 e. The Kier molecular flexibility index (Phi) is 7.11. The van der Waals surface area contributed by atoms with Gasteiger partial charge in [0.25, 0.3) is 11.1 Å². The van der Waals surface area contributed by atoms with Crippen molar-refractivity contribution in [3.63, 3.8) is 0 Å². The SMILES string of the molecule is COc1cc(/C=C2\SC(=O)N(CC(=O)Nc3ccccc3F)C2=O)ccc1OCC(=O)O. The van der Waals surface area contributed by atoms with E-state index in [-0.39, 0.29) is 22.1 Å². The fourth-order valence-corrected chi connectivity index (χ4v) is 3.55. The summed E-state index contributed by atoms with van der Waals surface area (Å²) < 4.78 is 24.0. The number of methoxy groups -OCH3 is 1. The van der Waals surface area contributed by atoms with Crippen molar-refractivity contribution < 1.29 is 38.1 Å². The predicted octanol–water partition coefficient (Wildman–Crippen LogP) is 2.97. The second kappa shape index (κ2) is 9.96. The molecule has 0 atom stereocenters. The van der Waals surface area contributed by atoms with Crippen molar-refractivity contribution >= 4 is 46.5 Å². The number of nitrogens with one attached hydrogen (secondary N) is 1. The Morgan fingerprint density at radius 3 is 2.62 bits per heavy atom. The number of rotatable bonds is 8. The van der Waals surface area contributed by atoms with Gasteiger partial charge in [-0.3, -0.25) is 19.3 Å². The number of aliphatic carboxylic acids is 1. The molecule has 11 heteroatoms. The van der Waals surface area contributed by atoms with E-state index in [0.717, 1.165) is 4.90 Å². The molecule has 1 saturated heterocycles. The maximum atomic E-state index is 13.7. The summed E-state index contributed by atoms with van der Waals surface area (Å²) in [6, 6.07) is 10.1. The van der Waals surface area contributed by atoms with Crippen molar-refractivity contribution in [1.82, 2.24) is 4.90 Å². The van der Waals surface area contributed by atoms with Crippen LogP contribution in [0.3, 0.4) is 0 Å². The molecule has 1 aliphatic heterocycles. The maximum Gasteiger partial charge on any atom is 0.341 e. The molecule has 166 valence electrons. The second-order valence-electron chi connectivity index (χ2n) is 6.39. The number of hydrogen-bond donors (Lipinski definition) is 2. The van der Waals surface area contributed by atoms with Crippen LogP contribution < -0.4 is 14.8 Å². The summed E-state index contributed by atoms with van der Waals surface area (Å²) in [5, 5.41) is 10.4. The molecule has 3 amide bonds. The number of carboxylic acid groups (broad SMARTS) is 1. The van der Waals surface area contributed by atoms with Crippen molar-refractivity contribution in [3.8, 4) is 11.5 Å². The first-order valence-corrected chi connectivity index (χ1v) is 9.92. The maximum absolute atomic E-state index is 13.7. The number of benzene rings is 2. The molecule has 1 heterocycles. The lowest BCUT2D eigenvalue weighted by Crippen LogP contribution is -2.36. The number of carboxylic acids is 1. The zero-order chi connectivity index (χ0) is 23.3. The van der Waals surface area contributed by atoms with Gasteiger partial charge in [0.05, 0.1) is 17.7 Å². The topological polar surface area (TPSA) is 122 Å². The van der Waals surface area contributed by atoms with Crippen LogP contribution in [0.1, 0.15) is 5.56 Å². The number of thioether (sulfide) groups is 1. The molecule has 0 spiro atoms. The van der Waals surface area contributed by atoms with Crippen molar-refractivity contribution in [2.24, 2.45) is 0 Å². The fraction of sp³-hybridized carbons (Fsp3) is 0.143. The molecule has 1 aliphatic rings. The highest BCUT2D eigenvalue weighted by atomic mass is 32.2. The molecule has 0 radical (unpaired) electrons. The van der Waals surface area contributed by atoms with E-state index in [0.29, 0.717) is 17.3 Å². The van der Waals surface area contributed by atoms with E-state index in [1.807, 2.05) is 0 Å². The minimum atomic E-state index is -1.15. The Morgan fingerprint density at radius 1 is 1.19 bits per heavy atom. The number of para-hydroxylation sites is 1. The number of carbonyl (C=O) groups is 4. The lowest BCUT2D eigenvalue weighted by molar-refractivity contribution is -0.139. The molecule has 2 aromatic carbocycles. The monoisotopic (exact) mass is 460 g/mol. The highest BCUT2D eigenvalue weighted by Crippen LogP contribution is 2.34. The number of halogens is 1. The minimum Gasteiger partial charge on any atom is -0.493 e. The predicted molar refractivity (Wildman–Crippen MR) is 114 cm³/mol. The summed E-state index contributed by atoms with van der Waals surface area (Å²) in [7, 11) is 1.37. The molecule has 2 N–H and O–H groups in total. The van der Waals surface area contributed by atoms with Crippen LogP contribution in [0.25, 0.3) is 6.08 Å². The molecule has 1 fully saturated rings. The smallest absolute Gasteiger partial charge is 0.341 e. The van der Waals surface area contributed by atoms with E-state index in [1.54, 1.807) is 6.07 Å². The first kappa shape index (κ1) is 22.8. The Hall–Kier alpha value is -3.86. The molecule has 0 aromatic heterocycles. The molecule has 3 rings (SSSR count). The third kappa shape index (κ3) is 5.43. The number of ether oxygens (including phenoxy) is 2. The molecule has 0 bridgehead atoms. The minimum absolute atomic E-state index is 0.0580. The van der Waals surface area contributed by atoms with Crippen LogP contribution in [-0.2, 0) is 14.4 Å². The third-order valence-electron chi connectivity index (χ3n) is 4.16. The van der Waals surface area contributed by atoms with Gasteiger partial charge in [-0.15, -0.1) is 0 Å². The van der Waals surface area contributed by atoms with Gasteiger partial charge >= 0.3 is 5.97 Å². The highest BCUT2D eigenvalue weighted by molar-refractivity contribution is 8.18. The average Bonchev–Trinajstić information content (AvgIpc) is 3.01. The van der Waals surface area contributed by atoms with Gasteiger partial charge in [0.2, 0.25) is 5.91 Å². The van der Waals surface area contributed by atoms with Gasteiger partial charge < -0.3 is 19.9 Å². The van der Waals surface area contributed by atoms with Crippen molar-refractivity contribution in [2.45, 2.75) is 0 Å². The van der Waals surface area contributed by atoms with Crippen LogP contribution >= 0.6 is 11.8 Å². The Labute approximate surface area is 185 Å². The summed E-state index contributed by atoms with van der Waals surface area (Å²) in [6.07, 6.45) is 1.43. The van der Waals surface area contributed by atoms with Crippen LogP contribution in [0.5, 0.6) is 11.5 Å². The number of imide groups is 1. The highest BCUT2D eigenvalue weighted by Gasteiger charge is 2.36. The Morgan fingerprint density at radius 2 is 1.94 bits per heavy atom. The van der Waals surface area contributed by atoms with Crippen LogP contribution in [-0.4, -0.2) is 53.3 Å². The zero-order valence-electron chi connectivity index (χ0n) is 16.7. The number of nitrogens with zero attached hydrogens (tertiary/aromatic N) is 1. The lowest BCUT2D eigenvalue weighted by Gasteiger charge is -2.12. The molecular weight excluding hydrogens is 443 g/mol. The van der Waals surface area contributed by atoms with E-state index in [1.165, 1.54) is 49.6 Å². The van der Waals surface area contributed by atoms with Gasteiger partial charge in [-0.25, -0.2) is 9.18 Å². The number of anilines is 1. The first-order valence-electron chi connectivity index (χ1n) is 9.11. The van der Waals surface area contributed by atoms with Crippen molar-refractivity contribution in [2.75, 3.05) is 25.6 Å². The van der Waals surface area contributed by atoms with Crippen molar-refractivity contribution in [3.05, 3.63) is 58.8 Å². The number of hydrogen-bond acceptors (Lipinski definition) is 7. The zero-order valence-corrected chi connectivity index (χ0v) is 17.5. The van der Waals surface area contributed by atoms with Gasteiger partial charge in [0.15, 0.2) is 18.1 Å². The standard InChI is InChI=1S/C21H17FN2O7S/c1-30-16-8-12(6-7-15(16)31-11-19(26)27)9-17-20(28)24(21(29)32-17)10-18(25)23-14-5-3-2-4-13(14)22/h2-9H,10-11H2,1H3,(H,23,25)(H,26,27)/b17-9-. The molecule has 32 heavy (non-hydrogen) atoms. The fourth-order valence-electron chi connectivity index (χ4n) is 2.72. The molecule has 0 unspecified atom stereocenters. The molecular formula is C21H17FN2O7S. The van der Waals surface area contributed by atoms with Gasteiger partial charge in [-0.05, 0) is 47.7 Å². The molecule has 0 saturated carbocycles. The van der Waals surface area contributed by atoms with Crippen LogP contribution in [0.15, 0.2) is 47.4 Å². The van der Waals surface area contributed by atoms with Gasteiger partial charge in [0, 0.05) is 0 Å². The second-order valence-corrected chi connectivity index (χ2v) is 7.38. The Bertz CT molecular complexity index is 1120. The average molecular weight is 460 g/mol. The van der Waals surface area contributed by atoms with Gasteiger partial charge in [0.1, 0.15) is 12.4 Å². The Balaban J connectivity index is 1.71. The quantitative estimate of drug-likeness (QED) is 0.577. The third-order valence-corrected chi connectivity index (χ3v) is 5.07. The van der Waals surface area contributed by atoms with Gasteiger partial charge in [-0.2, -0.15) is 0 Å². The summed E-state index contributed by atoms with van der Waals surface area (Å²) in [5.41, 5.74) is 0.433. The summed E-state index contributed by atoms with van der Waals surface area (Å²) in [5.74, 6) is -2.74. The van der Waals surface area contributed by atoms with Crippen molar-refractivity contribution in [1.29, 1.82) is 0 Å². The summed E-state index contributed by atoms with van der Waals surface area (Å²) in [6.45, 7) is -1.12. The van der Waals surface area contributed by atoms with E-state index in [4.69, 9.17) is 14.6 Å². The molecule has 0 aliphatic carbocycles. The van der Waals surface area contributed by atoms with E-state index in [2.05, 4.69) is 5.32 Å². The lowest BCUT2D eigenvalue weighted by atomic mass is 10.2. The van der Waals surface area contributed by atoms with Crippen LogP contribution in [0, 0.1) is 5.82 Å². The van der Waals surface area contributed by atoms with E-state index >= 15 is 0 Å². The van der Waals surface area contributed by atoms with Crippen LogP contribution in [0.4, 0.5) is 14.9 Å². The van der Waals surface area contributed by atoms with Crippen LogP contribution in [0.2, 0.25) is 0 Å². The number of amides is 3. The first-order chi connectivity index (χ1) is 15.3. The molecule has 9 nitrogen and oxygen atoms in total. The summed E-state index contributed by atoms with van der Waals surface area (Å²) in [4.78, 5) is 48.5. The summed E-state index contributed by atoms with van der Waals surface area (Å²) >= 11 is 0.655. The number of carbonyl (C=O) groups excluding carboxylic acids is 3. The van der Waals surface area contributed by atoms with Gasteiger partial charge in [-0.1, -0.05) is 18.2 Å².